The van der Waals surface area contributed by atoms with Gasteiger partial charge in [0.15, 0.2) is 11.5 Å². The van der Waals surface area contributed by atoms with Gasteiger partial charge in [0.05, 0.1) is 25.1 Å². The SMILES string of the molecule is CCOc1ccccc1O[C@@H]1CCCN(c2ncc(C(=O)NCc3ccccc3CC(=O)O)cn2)C1. The van der Waals surface area contributed by atoms with E-state index in [1.54, 1.807) is 18.2 Å². The summed E-state index contributed by atoms with van der Waals surface area (Å²) in [6.45, 7) is 4.17. The van der Waals surface area contributed by atoms with Crippen molar-refractivity contribution >= 4 is 17.8 Å². The number of aromatic nitrogens is 2. The monoisotopic (exact) mass is 490 g/mol. The minimum Gasteiger partial charge on any atom is -0.490 e. The van der Waals surface area contributed by atoms with Crippen molar-refractivity contribution in [3.8, 4) is 11.5 Å². The van der Waals surface area contributed by atoms with Gasteiger partial charge in [0.25, 0.3) is 5.91 Å². The van der Waals surface area contributed by atoms with Gasteiger partial charge in [-0.05, 0) is 43.0 Å². The number of benzene rings is 2. The number of ether oxygens (including phenoxy) is 2. The first-order valence-corrected chi connectivity index (χ1v) is 12.1. The maximum atomic E-state index is 12.6. The zero-order valence-electron chi connectivity index (χ0n) is 20.2. The standard InChI is InChI=1S/C27H30N4O5/c1-2-35-23-11-5-6-12-24(23)36-22-10-7-13-31(18-22)27-29-16-21(17-30-27)26(34)28-15-20-9-4-3-8-19(20)14-25(32)33/h3-6,8-9,11-12,16-17,22H,2,7,10,13-15,18H2,1H3,(H,28,34)(H,32,33)/t22-/m1/s1. The lowest BCUT2D eigenvalue weighted by molar-refractivity contribution is -0.136. The highest BCUT2D eigenvalue weighted by atomic mass is 16.5. The van der Waals surface area contributed by atoms with Crippen molar-refractivity contribution in [3.63, 3.8) is 0 Å². The van der Waals surface area contributed by atoms with Crippen molar-refractivity contribution in [1.82, 2.24) is 15.3 Å². The molecular weight excluding hydrogens is 460 g/mol. The Kier molecular flexibility index (Phi) is 8.33. The van der Waals surface area contributed by atoms with E-state index in [4.69, 9.17) is 14.6 Å². The van der Waals surface area contributed by atoms with Crippen LogP contribution in [0.4, 0.5) is 5.95 Å². The molecule has 2 aromatic carbocycles. The summed E-state index contributed by atoms with van der Waals surface area (Å²) in [5.74, 6) is 0.767. The smallest absolute Gasteiger partial charge is 0.307 e. The first kappa shape index (κ1) is 25.0. The van der Waals surface area contributed by atoms with Gasteiger partial charge in [-0.2, -0.15) is 0 Å². The van der Waals surface area contributed by atoms with E-state index in [2.05, 4.69) is 20.2 Å². The first-order chi connectivity index (χ1) is 17.5. The van der Waals surface area contributed by atoms with E-state index in [9.17, 15) is 9.59 Å². The first-order valence-electron chi connectivity index (χ1n) is 12.1. The third kappa shape index (κ3) is 6.50. The number of rotatable bonds is 10. The van der Waals surface area contributed by atoms with Gasteiger partial charge in [-0.25, -0.2) is 9.97 Å². The molecule has 1 aromatic heterocycles. The third-order valence-corrected chi connectivity index (χ3v) is 5.90. The average Bonchev–Trinajstić information content (AvgIpc) is 2.89. The lowest BCUT2D eigenvalue weighted by atomic mass is 10.0. The Balaban J connectivity index is 1.35. The fourth-order valence-electron chi connectivity index (χ4n) is 4.16. The molecule has 1 aliphatic rings. The molecule has 2 heterocycles. The Bertz CT molecular complexity index is 1180. The molecule has 1 aliphatic heterocycles. The average molecular weight is 491 g/mol. The van der Waals surface area contributed by atoms with Crippen molar-refractivity contribution in [2.75, 3.05) is 24.6 Å². The van der Waals surface area contributed by atoms with Crippen LogP contribution in [0.5, 0.6) is 11.5 Å². The zero-order chi connectivity index (χ0) is 25.3. The van der Waals surface area contributed by atoms with E-state index in [0.717, 1.165) is 36.4 Å². The number of para-hydroxylation sites is 2. The Morgan fingerprint density at radius 2 is 1.75 bits per heavy atom. The Morgan fingerprint density at radius 3 is 2.47 bits per heavy atom. The molecule has 0 aliphatic carbocycles. The van der Waals surface area contributed by atoms with Crippen LogP contribution >= 0.6 is 0 Å². The van der Waals surface area contributed by atoms with Crippen LogP contribution in [0.15, 0.2) is 60.9 Å². The van der Waals surface area contributed by atoms with Gasteiger partial charge in [-0.15, -0.1) is 0 Å². The van der Waals surface area contributed by atoms with Gasteiger partial charge >= 0.3 is 5.97 Å². The predicted octanol–water partition coefficient (Wildman–Crippen LogP) is 3.48. The second-order valence-electron chi connectivity index (χ2n) is 8.50. The van der Waals surface area contributed by atoms with Crippen molar-refractivity contribution in [1.29, 1.82) is 0 Å². The highest BCUT2D eigenvalue weighted by Crippen LogP contribution is 2.29. The normalized spacial score (nSPS) is 15.2. The summed E-state index contributed by atoms with van der Waals surface area (Å²) < 4.78 is 11.9. The zero-order valence-corrected chi connectivity index (χ0v) is 20.2. The van der Waals surface area contributed by atoms with Crippen molar-refractivity contribution in [3.05, 3.63) is 77.6 Å². The van der Waals surface area contributed by atoms with Crippen LogP contribution in [0.2, 0.25) is 0 Å². The number of nitrogens with one attached hydrogen (secondary N) is 1. The number of hydrogen-bond acceptors (Lipinski definition) is 7. The molecule has 36 heavy (non-hydrogen) atoms. The summed E-state index contributed by atoms with van der Waals surface area (Å²) in [5, 5.41) is 11.9. The molecule has 3 aromatic rings. The van der Waals surface area contributed by atoms with E-state index in [0.29, 0.717) is 30.2 Å². The summed E-state index contributed by atoms with van der Waals surface area (Å²) in [6, 6.07) is 14.8. The number of aliphatic carboxylic acids is 1. The second-order valence-corrected chi connectivity index (χ2v) is 8.50. The van der Waals surface area contributed by atoms with Gasteiger partial charge in [-0.3, -0.25) is 9.59 Å². The molecule has 0 spiro atoms. The van der Waals surface area contributed by atoms with Gasteiger partial charge < -0.3 is 24.8 Å². The molecule has 4 rings (SSSR count). The Morgan fingerprint density at radius 1 is 1.06 bits per heavy atom. The van der Waals surface area contributed by atoms with Crippen LogP contribution in [0.1, 0.15) is 41.3 Å². The van der Waals surface area contributed by atoms with Crippen molar-refractivity contribution < 1.29 is 24.2 Å². The summed E-state index contributed by atoms with van der Waals surface area (Å²) in [7, 11) is 0. The van der Waals surface area contributed by atoms with Crippen molar-refractivity contribution in [2.45, 2.75) is 38.8 Å². The predicted molar refractivity (Wildman–Crippen MR) is 134 cm³/mol. The Hall–Kier alpha value is -4.14. The highest BCUT2D eigenvalue weighted by Gasteiger charge is 2.24. The number of nitrogens with zero attached hydrogens (tertiary/aromatic N) is 3. The van der Waals surface area contributed by atoms with Gasteiger partial charge in [-0.1, -0.05) is 36.4 Å². The molecule has 0 unspecified atom stereocenters. The molecule has 1 amide bonds. The molecular formula is C27H30N4O5. The van der Waals surface area contributed by atoms with E-state index in [1.807, 2.05) is 37.3 Å². The molecule has 1 fully saturated rings. The summed E-state index contributed by atoms with van der Waals surface area (Å²) in [4.78, 5) is 34.6. The summed E-state index contributed by atoms with van der Waals surface area (Å²) in [5.41, 5.74) is 1.77. The summed E-state index contributed by atoms with van der Waals surface area (Å²) >= 11 is 0. The third-order valence-electron chi connectivity index (χ3n) is 5.90. The number of piperidine rings is 1. The van der Waals surface area contributed by atoms with Gasteiger partial charge in [0.2, 0.25) is 5.95 Å². The van der Waals surface area contributed by atoms with Crippen LogP contribution in [0.25, 0.3) is 0 Å². The van der Waals surface area contributed by atoms with Crippen LogP contribution in [-0.2, 0) is 17.8 Å². The minimum absolute atomic E-state index is 0.0298. The van der Waals surface area contributed by atoms with E-state index >= 15 is 0 Å². The molecule has 0 saturated carbocycles. The fourth-order valence-corrected chi connectivity index (χ4v) is 4.16. The molecule has 188 valence electrons. The molecule has 2 N–H and O–H groups in total. The van der Waals surface area contributed by atoms with E-state index < -0.39 is 5.97 Å². The minimum atomic E-state index is -0.915. The molecule has 0 radical (unpaired) electrons. The number of hydrogen-bond donors (Lipinski definition) is 2. The maximum Gasteiger partial charge on any atom is 0.307 e. The Labute approximate surface area is 210 Å². The van der Waals surface area contributed by atoms with Crippen molar-refractivity contribution in [2.24, 2.45) is 0 Å². The van der Waals surface area contributed by atoms with Gasteiger partial charge in [0.1, 0.15) is 6.10 Å². The second kappa shape index (κ2) is 12.0. The lowest BCUT2D eigenvalue weighted by Crippen LogP contribution is -2.42. The fraction of sp³-hybridized carbons (Fsp3) is 0.333. The quantitative estimate of drug-likeness (QED) is 0.444. The number of carboxylic acid groups (broad SMARTS) is 1. The highest BCUT2D eigenvalue weighted by molar-refractivity contribution is 5.93. The molecule has 1 saturated heterocycles. The number of carboxylic acids is 1. The lowest BCUT2D eigenvalue weighted by Gasteiger charge is -2.33. The number of anilines is 1. The van der Waals surface area contributed by atoms with Crippen LogP contribution in [0.3, 0.4) is 0 Å². The van der Waals surface area contributed by atoms with Crippen LogP contribution in [-0.4, -0.2) is 52.8 Å². The van der Waals surface area contributed by atoms with Crippen LogP contribution in [0, 0.1) is 0 Å². The van der Waals surface area contributed by atoms with Gasteiger partial charge in [0, 0.05) is 25.5 Å². The van der Waals surface area contributed by atoms with E-state index in [-0.39, 0.29) is 25.0 Å². The largest absolute Gasteiger partial charge is 0.490 e. The molecule has 9 heteroatoms. The summed E-state index contributed by atoms with van der Waals surface area (Å²) in [6.07, 6.45) is 4.74. The van der Waals surface area contributed by atoms with Crippen LogP contribution < -0.4 is 19.7 Å². The molecule has 9 nitrogen and oxygen atoms in total. The molecule has 0 bridgehead atoms. The number of carbonyl (C=O) groups excluding carboxylic acids is 1. The maximum absolute atomic E-state index is 12.6. The number of amides is 1. The topological polar surface area (TPSA) is 114 Å². The number of carbonyl (C=O) groups is 2. The van der Waals surface area contributed by atoms with E-state index in [1.165, 1.54) is 12.4 Å². The molecule has 1 atom stereocenters.